The molecule has 0 unspecified atom stereocenters. The van der Waals surface area contributed by atoms with Gasteiger partial charge in [-0.1, -0.05) is 6.58 Å². The first-order valence-electron chi connectivity index (χ1n) is 9.50. The summed E-state index contributed by atoms with van der Waals surface area (Å²) in [5.74, 6) is -1.98. The van der Waals surface area contributed by atoms with Gasteiger partial charge in [-0.15, -0.1) is 0 Å². The number of aromatic amines is 2. The number of carbonyl (C=O) groups excluding carboxylic acids is 1. The molecule has 2 aromatic heterocycles. The maximum atomic E-state index is 12.5. The maximum Gasteiger partial charge on any atom is 0.454 e. The number of allylic oxidation sites excluding steroid dienone is 1. The number of benzene rings is 2. The fourth-order valence-corrected chi connectivity index (χ4v) is 3.20. The molecule has 15 heteroatoms. The van der Waals surface area contributed by atoms with Gasteiger partial charge < -0.3 is 9.97 Å². The smallest absolute Gasteiger partial charge is 0.360 e. The first-order chi connectivity index (χ1) is 16.6. The number of rotatable bonds is 4. The van der Waals surface area contributed by atoms with E-state index in [-0.39, 0.29) is 38.7 Å². The van der Waals surface area contributed by atoms with Crippen LogP contribution in [0.15, 0.2) is 55.4 Å². The number of carbonyl (C=O) groups is 1. The molecule has 4 rings (SSSR count). The molecule has 2 heterocycles. The van der Waals surface area contributed by atoms with E-state index in [1.807, 2.05) is 0 Å². The van der Waals surface area contributed by atoms with Gasteiger partial charge in [0, 0.05) is 53.0 Å². The van der Waals surface area contributed by atoms with Crippen LogP contribution in [0.3, 0.4) is 0 Å². The zero-order valence-corrected chi connectivity index (χ0v) is 17.5. The third-order valence-electron chi connectivity index (χ3n) is 4.92. The summed E-state index contributed by atoms with van der Waals surface area (Å²) >= 11 is 0. The van der Waals surface area contributed by atoms with Crippen molar-refractivity contribution in [3.05, 3.63) is 86.7 Å². The minimum absolute atomic E-state index is 0.00271. The van der Waals surface area contributed by atoms with E-state index in [4.69, 9.17) is 0 Å². The molecule has 36 heavy (non-hydrogen) atoms. The number of hydrogen-bond donors (Lipinski definition) is 2. The molecule has 0 saturated heterocycles. The summed E-state index contributed by atoms with van der Waals surface area (Å²) in [6.07, 6.45) is -7.47. The van der Waals surface area contributed by atoms with Crippen LogP contribution in [0.2, 0.25) is 0 Å². The van der Waals surface area contributed by atoms with Crippen molar-refractivity contribution >= 4 is 44.5 Å². The second-order valence-corrected chi connectivity index (χ2v) is 7.18. The number of Topliss-reactive ketones (excluding diaryl/α,β-unsaturated/α-hetero) is 1. The van der Waals surface area contributed by atoms with Crippen molar-refractivity contribution in [3.63, 3.8) is 0 Å². The Morgan fingerprint density at radius 3 is 1.56 bits per heavy atom. The van der Waals surface area contributed by atoms with Crippen LogP contribution in [-0.2, 0) is 0 Å². The Morgan fingerprint density at radius 1 is 0.750 bits per heavy atom. The summed E-state index contributed by atoms with van der Waals surface area (Å²) in [7, 11) is 0. The minimum atomic E-state index is -4.98. The number of ketones is 1. The highest BCUT2D eigenvalue weighted by atomic mass is 19.4. The number of hydrogen-bond acceptors (Lipinski definition) is 5. The Kier molecular flexibility index (Phi) is 6.60. The summed E-state index contributed by atoms with van der Waals surface area (Å²) in [6.45, 7) is 3.00. The lowest BCUT2D eigenvalue weighted by Crippen LogP contribution is -2.22. The predicted octanol–water partition coefficient (Wildman–Crippen LogP) is 6.47. The van der Waals surface area contributed by atoms with E-state index >= 15 is 0 Å². The van der Waals surface area contributed by atoms with Gasteiger partial charge in [-0.05, 0) is 12.1 Å². The molecular weight excluding hydrogens is 502 g/mol. The quantitative estimate of drug-likeness (QED) is 0.139. The first-order valence-corrected chi connectivity index (χ1v) is 9.50. The lowest BCUT2D eigenvalue weighted by Gasteiger charge is -2.08. The monoisotopic (exact) mass is 514 g/mol. The van der Waals surface area contributed by atoms with E-state index < -0.39 is 39.1 Å². The average molecular weight is 514 g/mol. The zero-order valence-electron chi connectivity index (χ0n) is 17.5. The van der Waals surface area contributed by atoms with Crippen LogP contribution in [0.4, 0.5) is 37.7 Å². The number of non-ortho nitro benzene ring substituents is 2. The van der Waals surface area contributed by atoms with Gasteiger partial charge in [0.15, 0.2) is 0 Å². The molecular formula is C21H12F6N4O5. The Morgan fingerprint density at radius 2 is 1.17 bits per heavy atom. The standard InChI is InChI=1S/C11H7F3N2O2.C10H5F3N2O3/c1-6(11(12,13)14)9-5-15-10-4-7(16(17)18)2-3-8(9)10;11-10(12,13)9(16)7-4-14-8-3-5(15(17)18)1-2-6(7)8/h2-5,15H,1H2;1-4,14H. The molecule has 0 radical (unpaired) electrons. The Balaban J connectivity index is 0.000000201. The fraction of sp³-hybridized carbons (Fsp3) is 0.0952. The van der Waals surface area contributed by atoms with Gasteiger partial charge in [0.05, 0.1) is 32.0 Å². The van der Waals surface area contributed by atoms with Crippen molar-refractivity contribution in [2.45, 2.75) is 12.4 Å². The molecule has 0 atom stereocenters. The third-order valence-corrected chi connectivity index (χ3v) is 4.92. The van der Waals surface area contributed by atoms with Crippen molar-refractivity contribution in [1.29, 1.82) is 0 Å². The van der Waals surface area contributed by atoms with Gasteiger partial charge in [-0.2, -0.15) is 26.3 Å². The van der Waals surface area contributed by atoms with Crippen molar-refractivity contribution < 1.29 is 41.0 Å². The number of fused-ring (bicyclic) bond motifs is 2. The Labute approximate surface area is 195 Å². The van der Waals surface area contributed by atoms with E-state index in [1.165, 1.54) is 12.1 Å². The molecule has 0 aliphatic carbocycles. The summed E-state index contributed by atoms with van der Waals surface area (Å²) in [6, 6.07) is 6.84. The number of nitro groups is 2. The highest BCUT2D eigenvalue weighted by Crippen LogP contribution is 2.36. The van der Waals surface area contributed by atoms with Crippen LogP contribution in [0.1, 0.15) is 15.9 Å². The minimum Gasteiger partial charge on any atom is -0.360 e. The van der Waals surface area contributed by atoms with Crippen molar-refractivity contribution in [1.82, 2.24) is 9.97 Å². The van der Waals surface area contributed by atoms with Crippen molar-refractivity contribution in [3.8, 4) is 0 Å². The predicted molar refractivity (Wildman–Crippen MR) is 115 cm³/mol. The van der Waals surface area contributed by atoms with Gasteiger partial charge >= 0.3 is 12.4 Å². The molecule has 0 aliphatic heterocycles. The number of nitrogens with one attached hydrogen (secondary N) is 2. The number of halogens is 6. The highest BCUT2D eigenvalue weighted by molar-refractivity contribution is 6.10. The van der Waals surface area contributed by atoms with Gasteiger partial charge in [-0.3, -0.25) is 25.0 Å². The molecule has 0 saturated carbocycles. The van der Waals surface area contributed by atoms with Crippen LogP contribution in [0.25, 0.3) is 27.4 Å². The Hall–Kier alpha value is -4.69. The SMILES string of the molecule is C=C(c1c[nH]c2cc([N+](=O)[O-])ccc12)C(F)(F)F.O=C(c1c[nH]c2cc([N+](=O)[O-])ccc12)C(F)(F)F. The van der Waals surface area contributed by atoms with Crippen molar-refractivity contribution in [2.75, 3.05) is 0 Å². The summed E-state index contributed by atoms with van der Waals surface area (Å²) in [5.41, 5.74) is -1.72. The Bertz CT molecular complexity index is 1400. The number of nitrogens with zero attached hydrogens (tertiary/aromatic N) is 2. The number of nitro benzene ring substituents is 2. The average Bonchev–Trinajstić information content (AvgIpc) is 3.40. The molecule has 188 valence electrons. The number of alkyl halides is 6. The van der Waals surface area contributed by atoms with E-state index in [0.29, 0.717) is 0 Å². The summed E-state index contributed by atoms with van der Waals surface area (Å²) < 4.78 is 74.4. The van der Waals surface area contributed by atoms with E-state index in [1.54, 1.807) is 0 Å². The van der Waals surface area contributed by atoms with E-state index in [2.05, 4.69) is 16.5 Å². The number of aromatic nitrogens is 2. The lowest BCUT2D eigenvalue weighted by atomic mass is 10.1. The lowest BCUT2D eigenvalue weighted by molar-refractivity contribution is -0.384. The van der Waals surface area contributed by atoms with Crippen LogP contribution < -0.4 is 0 Å². The molecule has 9 nitrogen and oxygen atoms in total. The highest BCUT2D eigenvalue weighted by Gasteiger charge is 2.40. The summed E-state index contributed by atoms with van der Waals surface area (Å²) in [5, 5.41) is 21.3. The maximum absolute atomic E-state index is 12.5. The molecule has 0 bridgehead atoms. The van der Waals surface area contributed by atoms with Crippen LogP contribution in [-0.4, -0.2) is 38.0 Å². The normalized spacial score (nSPS) is 11.7. The largest absolute Gasteiger partial charge is 0.454 e. The third kappa shape index (κ3) is 5.18. The molecule has 2 aromatic carbocycles. The molecule has 2 N–H and O–H groups in total. The van der Waals surface area contributed by atoms with E-state index in [0.717, 1.165) is 36.7 Å². The second kappa shape index (κ2) is 9.16. The first kappa shape index (κ1) is 25.9. The van der Waals surface area contributed by atoms with Crippen LogP contribution in [0, 0.1) is 20.2 Å². The molecule has 0 amide bonds. The second-order valence-electron chi connectivity index (χ2n) is 7.18. The topological polar surface area (TPSA) is 135 Å². The fourth-order valence-electron chi connectivity index (χ4n) is 3.20. The molecule has 0 spiro atoms. The van der Waals surface area contributed by atoms with Crippen LogP contribution in [0.5, 0.6) is 0 Å². The van der Waals surface area contributed by atoms with Gasteiger partial charge in [0.1, 0.15) is 0 Å². The van der Waals surface area contributed by atoms with E-state index in [9.17, 15) is 51.4 Å². The van der Waals surface area contributed by atoms with Crippen LogP contribution >= 0.6 is 0 Å². The molecule has 0 aliphatic rings. The molecule has 4 aromatic rings. The number of H-pyrrole nitrogens is 2. The molecule has 0 fully saturated rings. The summed E-state index contributed by atoms with van der Waals surface area (Å²) in [4.78, 5) is 35.8. The zero-order chi connectivity index (χ0) is 27.0. The van der Waals surface area contributed by atoms with Gasteiger partial charge in [0.25, 0.3) is 17.2 Å². The van der Waals surface area contributed by atoms with Crippen molar-refractivity contribution in [2.24, 2.45) is 0 Å². The van der Waals surface area contributed by atoms with Gasteiger partial charge in [-0.25, -0.2) is 0 Å². The van der Waals surface area contributed by atoms with Gasteiger partial charge in [0.2, 0.25) is 0 Å².